The molecular weight excluding hydrogens is 338 g/mol. The highest BCUT2D eigenvalue weighted by Crippen LogP contribution is 2.64. The van der Waals surface area contributed by atoms with Crippen LogP contribution in [0.15, 0.2) is 12.1 Å². The van der Waals surface area contributed by atoms with Gasteiger partial charge in [-0.15, -0.1) is 11.6 Å². The van der Waals surface area contributed by atoms with E-state index in [1.165, 1.54) is 12.1 Å². The molecule has 1 fully saturated rings. The summed E-state index contributed by atoms with van der Waals surface area (Å²) >= 11 is 11.4. The number of nitrogens with zero attached hydrogens (tertiary/aromatic N) is 1. The Labute approximate surface area is 137 Å². The van der Waals surface area contributed by atoms with E-state index in [1.54, 1.807) is 0 Å². The lowest BCUT2D eigenvalue weighted by atomic mass is 9.89. The number of carbonyl (C=O) groups is 1. The van der Waals surface area contributed by atoms with Crippen molar-refractivity contribution in [1.82, 2.24) is 4.98 Å². The van der Waals surface area contributed by atoms with Gasteiger partial charge in [-0.1, -0.05) is 24.6 Å². The molecule has 0 N–H and O–H groups in total. The van der Waals surface area contributed by atoms with Gasteiger partial charge in [0.05, 0.1) is 0 Å². The average Bonchev–Trinajstić information content (AvgIpc) is 3.14. The topological polar surface area (TPSA) is 30.0 Å². The summed E-state index contributed by atoms with van der Waals surface area (Å²) in [6, 6.07) is 2.66. The van der Waals surface area contributed by atoms with E-state index in [9.17, 15) is 18.0 Å². The monoisotopic (exact) mass is 353 g/mol. The van der Waals surface area contributed by atoms with Crippen molar-refractivity contribution in [3.8, 4) is 0 Å². The fourth-order valence-electron chi connectivity index (χ4n) is 3.04. The van der Waals surface area contributed by atoms with Crippen LogP contribution in [0.3, 0.4) is 0 Å². The second-order valence-electron chi connectivity index (χ2n) is 5.59. The first-order chi connectivity index (χ1) is 10.3. The lowest BCUT2D eigenvalue weighted by Crippen LogP contribution is -2.20. The highest BCUT2D eigenvalue weighted by atomic mass is 35.5. The van der Waals surface area contributed by atoms with Crippen molar-refractivity contribution < 1.29 is 18.0 Å². The number of aromatic nitrogens is 1. The summed E-state index contributed by atoms with van der Waals surface area (Å²) in [5, 5.41) is -0.209. The van der Waals surface area contributed by atoms with E-state index in [2.05, 4.69) is 4.98 Å². The van der Waals surface area contributed by atoms with Crippen molar-refractivity contribution in [3.63, 3.8) is 0 Å². The Balaban J connectivity index is 2.39. The molecule has 1 aliphatic carbocycles. The van der Waals surface area contributed by atoms with Gasteiger partial charge in [0.1, 0.15) is 16.6 Å². The van der Waals surface area contributed by atoms with E-state index in [0.717, 1.165) is 0 Å². The van der Waals surface area contributed by atoms with Crippen LogP contribution >= 0.6 is 23.2 Å². The number of pyridine rings is 1. The number of halogens is 5. The molecule has 1 saturated carbocycles. The zero-order valence-corrected chi connectivity index (χ0v) is 13.5. The quantitative estimate of drug-likeness (QED) is 0.518. The molecule has 1 aromatic rings. The van der Waals surface area contributed by atoms with E-state index in [0.29, 0.717) is 25.7 Å². The van der Waals surface area contributed by atoms with Crippen molar-refractivity contribution >= 4 is 29.0 Å². The predicted molar refractivity (Wildman–Crippen MR) is 79.3 cm³/mol. The maximum atomic E-state index is 13.2. The molecule has 0 radical (unpaired) electrons. The van der Waals surface area contributed by atoms with Gasteiger partial charge < -0.3 is 0 Å². The van der Waals surface area contributed by atoms with Crippen LogP contribution in [-0.4, -0.2) is 16.6 Å². The van der Waals surface area contributed by atoms with Gasteiger partial charge in [0.2, 0.25) is 0 Å². The number of alkyl halides is 4. The van der Waals surface area contributed by atoms with Gasteiger partial charge in [0.15, 0.2) is 0 Å². The number of hydrogen-bond acceptors (Lipinski definition) is 2. The summed E-state index contributed by atoms with van der Waals surface area (Å²) in [7, 11) is 0. The van der Waals surface area contributed by atoms with Gasteiger partial charge in [-0.25, -0.2) is 4.98 Å². The number of Topliss-reactive ketones (excluding diaryl/α,β-unsaturated/α-hetero) is 1. The Kier molecular flexibility index (Phi) is 5.07. The van der Waals surface area contributed by atoms with Crippen LogP contribution in [0.25, 0.3) is 0 Å². The zero-order valence-electron chi connectivity index (χ0n) is 12.0. The first-order valence-electron chi connectivity index (χ1n) is 7.09. The van der Waals surface area contributed by atoms with E-state index in [4.69, 9.17) is 23.2 Å². The molecule has 2 rings (SSSR count). The lowest BCUT2D eigenvalue weighted by Gasteiger charge is -2.17. The minimum Gasteiger partial charge on any atom is -0.299 e. The first-order valence-corrected chi connectivity index (χ1v) is 8.00. The normalized spacial score (nSPS) is 24.4. The number of rotatable bonds is 6. The van der Waals surface area contributed by atoms with Crippen LogP contribution in [-0.2, 0) is 11.0 Å². The molecule has 1 heterocycles. The lowest BCUT2D eigenvalue weighted by molar-refractivity contribution is -0.142. The molecular formula is C15H16Cl2F3NO. The van der Waals surface area contributed by atoms with Gasteiger partial charge in [0.25, 0.3) is 0 Å². The molecule has 1 aromatic heterocycles. The van der Waals surface area contributed by atoms with E-state index in [-0.39, 0.29) is 22.4 Å². The SMILES string of the molecule is CCCC(=O)C1(CCCl)CC1c1ccc(Cl)nc1C(F)(F)F. The molecule has 0 aliphatic heterocycles. The summed E-state index contributed by atoms with van der Waals surface area (Å²) in [5.74, 6) is -0.246. The molecule has 2 nitrogen and oxygen atoms in total. The van der Waals surface area contributed by atoms with Gasteiger partial charge in [0, 0.05) is 17.7 Å². The van der Waals surface area contributed by atoms with Gasteiger partial charge in [-0.2, -0.15) is 13.2 Å². The molecule has 0 aromatic carbocycles. The van der Waals surface area contributed by atoms with Crippen LogP contribution < -0.4 is 0 Å². The highest BCUT2D eigenvalue weighted by Gasteiger charge is 2.60. The van der Waals surface area contributed by atoms with Crippen LogP contribution in [0.5, 0.6) is 0 Å². The van der Waals surface area contributed by atoms with Crippen LogP contribution in [0.4, 0.5) is 13.2 Å². The molecule has 0 spiro atoms. The number of hydrogen-bond donors (Lipinski definition) is 0. The fraction of sp³-hybridized carbons (Fsp3) is 0.600. The Morgan fingerprint density at radius 2 is 2.14 bits per heavy atom. The maximum absolute atomic E-state index is 13.2. The Hall–Kier alpha value is -0.810. The Morgan fingerprint density at radius 1 is 1.45 bits per heavy atom. The van der Waals surface area contributed by atoms with Crippen LogP contribution in [0, 0.1) is 5.41 Å². The minimum absolute atomic E-state index is 0.0104. The molecule has 2 atom stereocenters. The molecule has 0 saturated heterocycles. The molecule has 0 amide bonds. The molecule has 0 bridgehead atoms. The largest absolute Gasteiger partial charge is 0.433 e. The Bertz CT molecular complexity index is 576. The van der Waals surface area contributed by atoms with Crippen LogP contribution in [0.2, 0.25) is 5.15 Å². The number of ketones is 1. The van der Waals surface area contributed by atoms with Crippen molar-refractivity contribution in [2.75, 3.05) is 5.88 Å². The van der Waals surface area contributed by atoms with Crippen molar-refractivity contribution in [3.05, 3.63) is 28.5 Å². The van der Waals surface area contributed by atoms with Gasteiger partial charge in [-0.05, 0) is 36.8 Å². The maximum Gasteiger partial charge on any atom is 0.433 e. The Morgan fingerprint density at radius 3 is 2.68 bits per heavy atom. The second kappa shape index (κ2) is 6.36. The van der Waals surface area contributed by atoms with Crippen molar-refractivity contribution in [1.29, 1.82) is 0 Å². The summed E-state index contributed by atoms with van der Waals surface area (Å²) in [6.45, 7) is 1.87. The molecule has 122 valence electrons. The summed E-state index contributed by atoms with van der Waals surface area (Å²) < 4.78 is 39.5. The van der Waals surface area contributed by atoms with Crippen LogP contribution in [0.1, 0.15) is 49.8 Å². The minimum atomic E-state index is -4.59. The van der Waals surface area contributed by atoms with E-state index in [1.807, 2.05) is 6.92 Å². The summed E-state index contributed by atoms with van der Waals surface area (Å²) in [6.07, 6.45) is -2.79. The smallest absolute Gasteiger partial charge is 0.299 e. The third kappa shape index (κ3) is 3.25. The standard InChI is InChI=1S/C15H16Cl2F3NO/c1-2-3-11(22)14(6-7-16)8-10(14)9-4-5-12(17)21-13(9)15(18,19)20/h4-5,10H,2-3,6-8H2,1H3. The van der Waals surface area contributed by atoms with Crippen molar-refractivity contribution in [2.24, 2.45) is 5.41 Å². The highest BCUT2D eigenvalue weighted by molar-refractivity contribution is 6.29. The van der Waals surface area contributed by atoms with Crippen molar-refractivity contribution in [2.45, 2.75) is 44.7 Å². The number of carbonyl (C=O) groups excluding carboxylic acids is 1. The van der Waals surface area contributed by atoms with Gasteiger partial charge in [-0.3, -0.25) is 4.79 Å². The summed E-state index contributed by atoms with van der Waals surface area (Å²) in [5.41, 5.74) is -1.72. The third-order valence-electron chi connectivity index (χ3n) is 4.18. The first kappa shape index (κ1) is 17.5. The fourth-order valence-corrected chi connectivity index (χ4v) is 3.52. The average molecular weight is 354 g/mol. The van der Waals surface area contributed by atoms with Gasteiger partial charge >= 0.3 is 6.18 Å². The molecule has 1 aliphatic rings. The zero-order chi connectivity index (χ0) is 16.5. The molecule has 2 unspecified atom stereocenters. The molecule has 7 heteroatoms. The summed E-state index contributed by atoms with van der Waals surface area (Å²) in [4.78, 5) is 15.8. The predicted octanol–water partition coefficient (Wildman–Crippen LogP) is 5.23. The van der Waals surface area contributed by atoms with E-state index < -0.39 is 23.2 Å². The third-order valence-corrected chi connectivity index (χ3v) is 4.58. The van der Waals surface area contributed by atoms with E-state index >= 15 is 0 Å². The second-order valence-corrected chi connectivity index (χ2v) is 6.36. The molecule has 22 heavy (non-hydrogen) atoms.